The molecule has 5 aromatic rings. The second-order valence-corrected chi connectivity index (χ2v) is 8.47. The number of thiazole rings is 1. The van der Waals surface area contributed by atoms with E-state index < -0.39 is 0 Å². The van der Waals surface area contributed by atoms with Crippen LogP contribution in [0.2, 0.25) is 0 Å². The van der Waals surface area contributed by atoms with Crippen molar-refractivity contribution in [2.24, 2.45) is 4.99 Å². The van der Waals surface area contributed by atoms with Gasteiger partial charge in [0.1, 0.15) is 12.4 Å². The maximum atomic E-state index is 6.00. The molecule has 33 heavy (non-hydrogen) atoms. The first-order valence-electron chi connectivity index (χ1n) is 10.8. The molecule has 4 heteroatoms. The average molecular weight is 447 g/mol. The first kappa shape index (κ1) is 20.9. The summed E-state index contributed by atoms with van der Waals surface area (Å²) in [5.41, 5.74) is 5.28. The summed E-state index contributed by atoms with van der Waals surface area (Å²) in [6, 6.07) is 38.6. The number of para-hydroxylation sites is 1. The first-order valence-corrected chi connectivity index (χ1v) is 11.6. The van der Waals surface area contributed by atoms with Crippen molar-refractivity contribution in [3.63, 3.8) is 0 Å². The largest absolute Gasteiger partial charge is 0.489 e. The second-order valence-electron chi connectivity index (χ2n) is 7.46. The van der Waals surface area contributed by atoms with E-state index in [0.717, 1.165) is 43.7 Å². The van der Waals surface area contributed by atoms with Gasteiger partial charge in [0.25, 0.3) is 0 Å². The fraction of sp³-hybridized carbons (Fsp3) is 0.0345. The van der Waals surface area contributed by atoms with Crippen molar-refractivity contribution in [2.45, 2.75) is 6.61 Å². The quantitative estimate of drug-likeness (QED) is 0.242. The lowest BCUT2D eigenvalue weighted by Gasteiger charge is -2.09. The minimum Gasteiger partial charge on any atom is -0.489 e. The molecule has 0 spiro atoms. The highest BCUT2D eigenvalue weighted by Gasteiger charge is 2.12. The van der Waals surface area contributed by atoms with E-state index in [1.54, 1.807) is 11.3 Å². The van der Waals surface area contributed by atoms with Crippen molar-refractivity contribution >= 4 is 22.2 Å². The Hall–Kier alpha value is -4.02. The molecule has 0 bridgehead atoms. The van der Waals surface area contributed by atoms with E-state index in [2.05, 4.69) is 41.4 Å². The topological polar surface area (TPSA) is 34.5 Å². The molecule has 0 N–H and O–H groups in total. The average Bonchev–Trinajstić information content (AvgIpc) is 3.36. The van der Waals surface area contributed by atoms with Crippen molar-refractivity contribution in [3.8, 4) is 16.2 Å². The Morgan fingerprint density at radius 2 is 1.27 bits per heavy atom. The van der Waals surface area contributed by atoms with Crippen molar-refractivity contribution in [2.75, 3.05) is 0 Å². The molecule has 1 heterocycles. The molecular weight excluding hydrogens is 424 g/mol. The van der Waals surface area contributed by atoms with Crippen LogP contribution in [0.4, 0.5) is 5.13 Å². The molecule has 0 saturated carbocycles. The Morgan fingerprint density at radius 1 is 0.697 bits per heavy atom. The van der Waals surface area contributed by atoms with Gasteiger partial charge in [0.2, 0.25) is 5.13 Å². The summed E-state index contributed by atoms with van der Waals surface area (Å²) in [4.78, 5) is 10.7. The normalized spacial score (nSPS) is 10.5. The lowest BCUT2D eigenvalue weighted by molar-refractivity contribution is 0.307. The highest BCUT2D eigenvalue weighted by molar-refractivity contribution is 7.18. The van der Waals surface area contributed by atoms with Crippen molar-refractivity contribution in [1.29, 1.82) is 0 Å². The van der Waals surface area contributed by atoms with Crippen LogP contribution in [0, 0.1) is 0 Å². The van der Waals surface area contributed by atoms with E-state index in [1.807, 2.05) is 85.1 Å². The van der Waals surface area contributed by atoms with Crippen LogP contribution >= 0.6 is 11.3 Å². The third-order valence-electron chi connectivity index (χ3n) is 5.22. The summed E-state index contributed by atoms with van der Waals surface area (Å²) in [7, 11) is 0. The zero-order valence-corrected chi connectivity index (χ0v) is 18.8. The van der Waals surface area contributed by atoms with E-state index in [9.17, 15) is 0 Å². The summed E-state index contributed by atoms with van der Waals surface area (Å²) >= 11 is 1.59. The maximum absolute atomic E-state index is 6.00. The molecule has 0 fully saturated rings. The Labute approximate surface area is 197 Å². The molecule has 0 amide bonds. The summed E-state index contributed by atoms with van der Waals surface area (Å²) in [6.07, 6.45) is 1.90. The lowest BCUT2D eigenvalue weighted by Crippen LogP contribution is -2.02. The Kier molecular flexibility index (Phi) is 6.36. The highest BCUT2D eigenvalue weighted by Crippen LogP contribution is 2.34. The maximum Gasteiger partial charge on any atom is 0.210 e. The molecule has 0 atom stereocenters. The molecule has 5 rings (SSSR count). The number of aliphatic imine (C=N–C) groups is 1. The van der Waals surface area contributed by atoms with Gasteiger partial charge in [0.05, 0.1) is 10.6 Å². The van der Waals surface area contributed by atoms with E-state index in [4.69, 9.17) is 9.73 Å². The number of rotatable bonds is 7. The third-order valence-corrected chi connectivity index (χ3v) is 6.14. The third kappa shape index (κ3) is 5.08. The van der Waals surface area contributed by atoms with Gasteiger partial charge in [0.15, 0.2) is 0 Å². The minimum atomic E-state index is 0.496. The smallest absolute Gasteiger partial charge is 0.210 e. The molecule has 0 aliphatic rings. The molecule has 3 nitrogen and oxygen atoms in total. The summed E-state index contributed by atoms with van der Waals surface area (Å²) in [5.74, 6) is 0.859. The zero-order chi connectivity index (χ0) is 22.3. The van der Waals surface area contributed by atoms with Gasteiger partial charge in [-0.25, -0.2) is 9.98 Å². The standard InChI is InChI=1S/C29H22N2OS/c1-4-12-22(13-5-1)28(23-14-6-2-7-15-23)31-29-30-20-27(33-29)26-19-11-10-16-24(26)21-32-25-17-8-3-9-18-25/h1-20H,21H2. The van der Waals surface area contributed by atoms with Crippen LogP contribution in [0.3, 0.4) is 0 Å². The van der Waals surface area contributed by atoms with Crippen LogP contribution in [0.15, 0.2) is 126 Å². The first-order chi connectivity index (χ1) is 16.4. The van der Waals surface area contributed by atoms with Crippen LogP contribution in [-0.4, -0.2) is 10.7 Å². The molecule has 160 valence electrons. The highest BCUT2D eigenvalue weighted by atomic mass is 32.1. The monoisotopic (exact) mass is 446 g/mol. The summed E-state index contributed by atoms with van der Waals surface area (Å²) < 4.78 is 6.00. The van der Waals surface area contributed by atoms with Gasteiger partial charge in [-0.15, -0.1) is 0 Å². The zero-order valence-electron chi connectivity index (χ0n) is 18.0. The van der Waals surface area contributed by atoms with Crippen LogP contribution in [0.5, 0.6) is 5.75 Å². The van der Waals surface area contributed by atoms with Crippen LogP contribution < -0.4 is 4.74 Å². The fourth-order valence-corrected chi connectivity index (χ4v) is 4.44. The summed E-state index contributed by atoms with van der Waals surface area (Å²) in [6.45, 7) is 0.496. The molecule has 1 aromatic heterocycles. The van der Waals surface area contributed by atoms with E-state index in [0.29, 0.717) is 6.61 Å². The number of hydrogen-bond donors (Lipinski definition) is 0. The molecule has 0 aliphatic carbocycles. The molecule has 4 aromatic carbocycles. The van der Waals surface area contributed by atoms with Gasteiger partial charge in [-0.1, -0.05) is 114 Å². The van der Waals surface area contributed by atoms with Crippen LogP contribution in [0.25, 0.3) is 10.4 Å². The van der Waals surface area contributed by atoms with Gasteiger partial charge in [-0.2, -0.15) is 0 Å². The van der Waals surface area contributed by atoms with E-state index >= 15 is 0 Å². The van der Waals surface area contributed by atoms with Gasteiger partial charge in [-0.3, -0.25) is 0 Å². The number of nitrogens with zero attached hydrogens (tertiary/aromatic N) is 2. The minimum absolute atomic E-state index is 0.496. The van der Waals surface area contributed by atoms with Gasteiger partial charge >= 0.3 is 0 Å². The van der Waals surface area contributed by atoms with Crippen molar-refractivity contribution < 1.29 is 4.74 Å². The predicted molar refractivity (Wildman–Crippen MR) is 137 cm³/mol. The van der Waals surface area contributed by atoms with Gasteiger partial charge in [0, 0.05) is 17.3 Å². The Balaban J connectivity index is 1.46. The molecular formula is C29H22N2OS. The Bertz CT molecular complexity index is 1300. The van der Waals surface area contributed by atoms with E-state index in [1.165, 1.54) is 0 Å². The van der Waals surface area contributed by atoms with E-state index in [-0.39, 0.29) is 0 Å². The fourth-order valence-electron chi connectivity index (χ4n) is 3.59. The SMILES string of the molecule is c1ccc(OCc2ccccc2-c2cnc(N=C(c3ccccc3)c3ccccc3)s2)cc1. The van der Waals surface area contributed by atoms with Gasteiger partial charge in [-0.05, 0) is 23.3 Å². The summed E-state index contributed by atoms with van der Waals surface area (Å²) in [5, 5.41) is 0.728. The lowest BCUT2D eigenvalue weighted by atomic mass is 10.0. The number of aromatic nitrogens is 1. The number of benzene rings is 4. The van der Waals surface area contributed by atoms with Gasteiger partial charge < -0.3 is 4.74 Å². The molecule has 0 radical (unpaired) electrons. The number of hydrogen-bond acceptors (Lipinski definition) is 4. The molecule has 0 aliphatic heterocycles. The van der Waals surface area contributed by atoms with Crippen LogP contribution in [-0.2, 0) is 6.61 Å². The Morgan fingerprint density at radius 3 is 1.94 bits per heavy atom. The molecule has 0 unspecified atom stereocenters. The van der Waals surface area contributed by atoms with Crippen molar-refractivity contribution in [1.82, 2.24) is 4.98 Å². The number of ether oxygens (including phenoxy) is 1. The van der Waals surface area contributed by atoms with Crippen LogP contribution in [0.1, 0.15) is 16.7 Å². The predicted octanol–water partition coefficient (Wildman–Crippen LogP) is 7.56. The van der Waals surface area contributed by atoms with Crippen molar-refractivity contribution in [3.05, 3.63) is 138 Å². The second kappa shape index (κ2) is 10.1. The molecule has 0 saturated heterocycles.